The largest absolute Gasteiger partial charge is 0.372 e. The first kappa shape index (κ1) is 17.6. The molecule has 2 unspecified atom stereocenters. The smallest absolute Gasteiger partial charge is 0.0974 e. The highest BCUT2D eigenvalue weighted by Gasteiger charge is 2.20. The van der Waals surface area contributed by atoms with Crippen LogP contribution in [0.15, 0.2) is 53.7 Å². The van der Waals surface area contributed by atoms with Gasteiger partial charge in [-0.2, -0.15) is 0 Å². The summed E-state index contributed by atoms with van der Waals surface area (Å²) in [5.74, 6) is 1.28. The number of hydrogen-bond donors (Lipinski definition) is 2. The van der Waals surface area contributed by atoms with E-state index >= 15 is 0 Å². The SMILES string of the molecule is CCCCC(N)c1cccc(C(CC2=NCCN2)c2ccccn2)c1. The Morgan fingerprint density at radius 1 is 1.16 bits per heavy atom. The van der Waals surface area contributed by atoms with Crippen LogP contribution in [0.4, 0.5) is 0 Å². The summed E-state index contributed by atoms with van der Waals surface area (Å²) in [5, 5.41) is 3.39. The van der Waals surface area contributed by atoms with Gasteiger partial charge < -0.3 is 11.1 Å². The molecule has 2 atom stereocenters. The molecule has 0 amide bonds. The first-order valence-corrected chi connectivity index (χ1v) is 9.31. The van der Waals surface area contributed by atoms with Gasteiger partial charge in [0, 0.05) is 36.8 Å². The fourth-order valence-corrected chi connectivity index (χ4v) is 3.35. The third kappa shape index (κ3) is 4.67. The molecule has 132 valence electrons. The molecule has 2 heterocycles. The van der Waals surface area contributed by atoms with Crippen LogP contribution in [0, 0.1) is 0 Å². The predicted octanol–water partition coefficient (Wildman–Crippen LogP) is 3.80. The van der Waals surface area contributed by atoms with Crippen molar-refractivity contribution in [2.75, 3.05) is 13.1 Å². The lowest BCUT2D eigenvalue weighted by Gasteiger charge is -2.20. The normalized spacial score (nSPS) is 16.2. The van der Waals surface area contributed by atoms with Crippen LogP contribution >= 0.6 is 0 Å². The number of nitrogens with one attached hydrogen (secondary N) is 1. The molecule has 4 heteroatoms. The van der Waals surface area contributed by atoms with E-state index in [1.165, 1.54) is 17.5 Å². The van der Waals surface area contributed by atoms with Gasteiger partial charge >= 0.3 is 0 Å². The van der Waals surface area contributed by atoms with Gasteiger partial charge in [0.15, 0.2) is 0 Å². The van der Waals surface area contributed by atoms with E-state index in [0.29, 0.717) is 0 Å². The quantitative estimate of drug-likeness (QED) is 0.771. The molecule has 3 rings (SSSR count). The van der Waals surface area contributed by atoms with Crippen LogP contribution in [0.5, 0.6) is 0 Å². The molecule has 0 bridgehead atoms. The molecule has 4 nitrogen and oxygen atoms in total. The molecule has 0 aliphatic carbocycles. The van der Waals surface area contributed by atoms with E-state index in [-0.39, 0.29) is 12.0 Å². The topological polar surface area (TPSA) is 63.3 Å². The van der Waals surface area contributed by atoms with Crippen LogP contribution in [-0.2, 0) is 0 Å². The first-order valence-electron chi connectivity index (χ1n) is 9.31. The summed E-state index contributed by atoms with van der Waals surface area (Å²) in [4.78, 5) is 9.19. The lowest BCUT2D eigenvalue weighted by Crippen LogP contribution is -2.22. The Morgan fingerprint density at radius 2 is 2.04 bits per heavy atom. The van der Waals surface area contributed by atoms with Crippen molar-refractivity contribution < 1.29 is 0 Å². The minimum atomic E-state index is 0.103. The Kier molecular flexibility index (Phi) is 6.18. The van der Waals surface area contributed by atoms with Gasteiger partial charge in [-0.15, -0.1) is 0 Å². The Hall–Kier alpha value is -2.20. The van der Waals surface area contributed by atoms with E-state index in [1.807, 2.05) is 12.3 Å². The van der Waals surface area contributed by atoms with Crippen molar-refractivity contribution in [3.63, 3.8) is 0 Å². The number of nitrogens with two attached hydrogens (primary N) is 1. The summed E-state index contributed by atoms with van der Waals surface area (Å²) in [7, 11) is 0. The van der Waals surface area contributed by atoms with Crippen LogP contribution < -0.4 is 11.1 Å². The third-order valence-electron chi connectivity index (χ3n) is 4.80. The minimum Gasteiger partial charge on any atom is -0.372 e. The maximum Gasteiger partial charge on any atom is 0.0974 e. The summed E-state index contributed by atoms with van der Waals surface area (Å²) in [5.41, 5.74) is 9.96. The molecule has 0 saturated carbocycles. The van der Waals surface area contributed by atoms with Gasteiger partial charge in [-0.05, 0) is 29.7 Å². The van der Waals surface area contributed by atoms with Crippen molar-refractivity contribution in [1.82, 2.24) is 10.3 Å². The molecular weight excluding hydrogens is 308 g/mol. The fraction of sp³-hybridized carbons (Fsp3) is 0.429. The lowest BCUT2D eigenvalue weighted by molar-refractivity contribution is 0.602. The van der Waals surface area contributed by atoms with E-state index < -0.39 is 0 Å². The lowest BCUT2D eigenvalue weighted by atomic mass is 9.89. The van der Waals surface area contributed by atoms with Crippen LogP contribution in [0.2, 0.25) is 0 Å². The molecule has 3 N–H and O–H groups in total. The van der Waals surface area contributed by atoms with Gasteiger partial charge in [-0.25, -0.2) is 0 Å². The van der Waals surface area contributed by atoms with Crippen molar-refractivity contribution in [2.24, 2.45) is 10.7 Å². The fourth-order valence-electron chi connectivity index (χ4n) is 3.35. The number of amidine groups is 1. The van der Waals surface area contributed by atoms with Crippen molar-refractivity contribution >= 4 is 5.84 Å². The molecule has 0 radical (unpaired) electrons. The summed E-state index contributed by atoms with van der Waals surface area (Å²) >= 11 is 0. The molecule has 25 heavy (non-hydrogen) atoms. The summed E-state index contributed by atoms with van der Waals surface area (Å²) in [6.07, 6.45) is 6.08. The zero-order chi connectivity index (χ0) is 17.5. The predicted molar refractivity (Wildman–Crippen MR) is 104 cm³/mol. The Balaban J connectivity index is 1.87. The molecule has 1 aromatic carbocycles. The number of nitrogens with zero attached hydrogens (tertiary/aromatic N) is 2. The van der Waals surface area contributed by atoms with Gasteiger partial charge in [0.25, 0.3) is 0 Å². The van der Waals surface area contributed by atoms with Crippen molar-refractivity contribution in [2.45, 2.75) is 44.6 Å². The van der Waals surface area contributed by atoms with Gasteiger partial charge in [-0.1, -0.05) is 50.1 Å². The maximum atomic E-state index is 6.40. The van der Waals surface area contributed by atoms with E-state index in [1.54, 1.807) is 0 Å². The number of pyridine rings is 1. The van der Waals surface area contributed by atoms with Gasteiger partial charge in [0.1, 0.15) is 0 Å². The van der Waals surface area contributed by atoms with E-state index in [2.05, 4.69) is 58.6 Å². The van der Waals surface area contributed by atoms with Crippen LogP contribution in [0.25, 0.3) is 0 Å². The van der Waals surface area contributed by atoms with Crippen LogP contribution in [-0.4, -0.2) is 23.9 Å². The maximum absolute atomic E-state index is 6.40. The van der Waals surface area contributed by atoms with Crippen molar-refractivity contribution in [3.8, 4) is 0 Å². The second-order valence-corrected chi connectivity index (χ2v) is 6.69. The highest BCUT2D eigenvalue weighted by molar-refractivity contribution is 5.84. The summed E-state index contributed by atoms with van der Waals surface area (Å²) in [6, 6.07) is 14.9. The molecule has 1 aliphatic rings. The summed E-state index contributed by atoms with van der Waals surface area (Å²) < 4.78 is 0. The van der Waals surface area contributed by atoms with Crippen molar-refractivity contribution in [1.29, 1.82) is 0 Å². The third-order valence-corrected chi connectivity index (χ3v) is 4.80. The standard InChI is InChI=1S/C21H28N4/c1-2-3-9-19(22)17-8-6-7-16(14-17)18(15-21-24-12-13-25-21)20-10-4-5-11-23-20/h4-8,10-11,14,18-19H,2-3,9,12-13,15,22H2,1H3,(H,24,25). The number of benzene rings is 1. The van der Waals surface area contributed by atoms with Gasteiger partial charge in [-0.3, -0.25) is 9.98 Å². The monoisotopic (exact) mass is 336 g/mol. The van der Waals surface area contributed by atoms with Gasteiger partial charge in [0.2, 0.25) is 0 Å². The zero-order valence-electron chi connectivity index (χ0n) is 15.0. The summed E-state index contributed by atoms with van der Waals surface area (Å²) in [6.45, 7) is 4.01. The van der Waals surface area contributed by atoms with Crippen LogP contribution in [0.1, 0.15) is 61.4 Å². The zero-order valence-corrected chi connectivity index (χ0v) is 15.0. The van der Waals surface area contributed by atoms with Crippen molar-refractivity contribution in [3.05, 3.63) is 65.5 Å². The van der Waals surface area contributed by atoms with E-state index in [9.17, 15) is 0 Å². The van der Waals surface area contributed by atoms with Gasteiger partial charge in [0.05, 0.1) is 12.4 Å². The average molecular weight is 336 g/mol. The minimum absolute atomic E-state index is 0.103. The number of hydrogen-bond acceptors (Lipinski definition) is 4. The molecule has 0 saturated heterocycles. The molecule has 0 fully saturated rings. The Morgan fingerprint density at radius 3 is 2.76 bits per heavy atom. The first-order chi connectivity index (χ1) is 12.3. The Labute approximate surface area is 150 Å². The molecule has 1 aromatic heterocycles. The molecule has 1 aliphatic heterocycles. The highest BCUT2D eigenvalue weighted by Crippen LogP contribution is 2.29. The molecule has 2 aromatic rings. The Bertz CT molecular complexity index is 696. The van der Waals surface area contributed by atoms with E-state index in [4.69, 9.17) is 5.73 Å². The second-order valence-electron chi connectivity index (χ2n) is 6.69. The number of aliphatic imine (C=N–C) groups is 1. The number of rotatable bonds is 8. The molecule has 0 spiro atoms. The highest BCUT2D eigenvalue weighted by atomic mass is 15.1. The average Bonchev–Trinajstić information content (AvgIpc) is 3.18. The van der Waals surface area contributed by atoms with E-state index in [0.717, 1.165) is 43.9 Å². The number of aromatic nitrogens is 1. The second kappa shape index (κ2) is 8.77. The van der Waals surface area contributed by atoms with Crippen LogP contribution in [0.3, 0.4) is 0 Å². The molecular formula is C21H28N4. The number of unbranched alkanes of at least 4 members (excludes halogenated alkanes) is 1.